The van der Waals surface area contributed by atoms with Gasteiger partial charge in [0, 0.05) is 11.3 Å². The fourth-order valence-corrected chi connectivity index (χ4v) is 2.22. The van der Waals surface area contributed by atoms with Crippen LogP contribution in [0.5, 0.6) is 0 Å². The van der Waals surface area contributed by atoms with Gasteiger partial charge in [-0.25, -0.2) is 8.78 Å². The van der Waals surface area contributed by atoms with Crippen LogP contribution in [0.15, 0.2) is 36.4 Å². The lowest BCUT2D eigenvalue weighted by Gasteiger charge is -2.31. The van der Waals surface area contributed by atoms with E-state index in [2.05, 4.69) is 5.32 Å². The highest BCUT2D eigenvalue weighted by Crippen LogP contribution is 2.29. The molecule has 0 amide bonds. The largest absolute Gasteiger partial charge is 0.394 e. The van der Waals surface area contributed by atoms with Crippen molar-refractivity contribution < 1.29 is 13.9 Å². The van der Waals surface area contributed by atoms with Crippen LogP contribution < -0.4 is 5.32 Å². The van der Waals surface area contributed by atoms with Crippen LogP contribution in [-0.4, -0.2) is 11.7 Å². The molecule has 21 heavy (non-hydrogen) atoms. The molecule has 0 saturated heterocycles. The maximum absolute atomic E-state index is 14.2. The van der Waals surface area contributed by atoms with Crippen molar-refractivity contribution in [1.29, 1.82) is 0 Å². The zero-order chi connectivity index (χ0) is 15.6. The van der Waals surface area contributed by atoms with Gasteiger partial charge in [-0.15, -0.1) is 0 Å². The molecule has 0 aliphatic rings. The van der Waals surface area contributed by atoms with Crippen molar-refractivity contribution in [3.05, 3.63) is 64.7 Å². The molecule has 2 nitrogen and oxygen atoms in total. The van der Waals surface area contributed by atoms with Gasteiger partial charge in [-0.3, -0.25) is 0 Å². The Bertz CT molecular complexity index is 640. The van der Waals surface area contributed by atoms with E-state index in [0.717, 1.165) is 23.4 Å². The first-order valence-electron chi connectivity index (χ1n) is 6.77. The number of hydrogen-bond acceptors (Lipinski definition) is 2. The van der Waals surface area contributed by atoms with Gasteiger partial charge in [0.15, 0.2) is 0 Å². The molecule has 0 spiro atoms. The summed E-state index contributed by atoms with van der Waals surface area (Å²) in [5.74, 6) is -1.03. The molecule has 0 aliphatic heterocycles. The molecular weight excluding hydrogens is 272 g/mol. The second kappa shape index (κ2) is 5.82. The van der Waals surface area contributed by atoms with E-state index < -0.39 is 17.2 Å². The number of nitrogens with one attached hydrogen (secondary N) is 1. The molecule has 2 N–H and O–H groups in total. The van der Waals surface area contributed by atoms with Crippen molar-refractivity contribution in [3.63, 3.8) is 0 Å². The molecule has 0 aromatic heterocycles. The summed E-state index contributed by atoms with van der Waals surface area (Å²) in [6.45, 7) is 4.75. The highest BCUT2D eigenvalue weighted by Gasteiger charge is 2.29. The van der Waals surface area contributed by atoms with Crippen LogP contribution >= 0.6 is 0 Å². The molecule has 0 aliphatic carbocycles. The Kier molecular flexibility index (Phi) is 4.28. The summed E-state index contributed by atoms with van der Waals surface area (Å²) in [5, 5.41) is 12.8. The highest BCUT2D eigenvalue weighted by atomic mass is 19.1. The molecule has 112 valence electrons. The van der Waals surface area contributed by atoms with Crippen molar-refractivity contribution in [2.45, 2.75) is 26.3 Å². The zero-order valence-corrected chi connectivity index (χ0v) is 12.4. The van der Waals surface area contributed by atoms with Gasteiger partial charge < -0.3 is 10.4 Å². The minimum Gasteiger partial charge on any atom is -0.394 e. The third-order valence-corrected chi connectivity index (χ3v) is 3.63. The Morgan fingerprint density at radius 3 is 2.24 bits per heavy atom. The molecule has 2 aromatic carbocycles. The van der Waals surface area contributed by atoms with E-state index in [9.17, 15) is 13.9 Å². The van der Waals surface area contributed by atoms with Crippen LogP contribution in [0.25, 0.3) is 0 Å². The van der Waals surface area contributed by atoms with Gasteiger partial charge in [0.05, 0.1) is 12.1 Å². The van der Waals surface area contributed by atoms with Crippen LogP contribution in [0.2, 0.25) is 0 Å². The molecule has 0 fully saturated rings. The molecular formula is C17H19F2NO. The number of aryl methyl sites for hydroxylation is 2. The number of aliphatic hydroxyl groups excluding tert-OH is 1. The van der Waals surface area contributed by atoms with Crippen molar-refractivity contribution >= 4 is 5.69 Å². The number of benzene rings is 2. The Hall–Kier alpha value is -1.94. The Morgan fingerprint density at radius 2 is 1.67 bits per heavy atom. The van der Waals surface area contributed by atoms with Crippen LogP contribution in [0.3, 0.4) is 0 Å². The van der Waals surface area contributed by atoms with Crippen LogP contribution in [0.1, 0.15) is 23.6 Å². The predicted molar refractivity (Wildman–Crippen MR) is 80.3 cm³/mol. The van der Waals surface area contributed by atoms with Gasteiger partial charge >= 0.3 is 0 Å². The topological polar surface area (TPSA) is 32.3 Å². The first-order chi connectivity index (χ1) is 9.85. The summed E-state index contributed by atoms with van der Waals surface area (Å²) in [6.07, 6.45) is 0. The van der Waals surface area contributed by atoms with Crippen molar-refractivity contribution in [3.8, 4) is 0 Å². The van der Waals surface area contributed by atoms with E-state index in [1.54, 1.807) is 6.92 Å². The SMILES string of the molecule is Cc1ccc(NC(C)(CO)c2cc(F)c(C)cc2F)cc1. The van der Waals surface area contributed by atoms with Crippen molar-refractivity contribution in [2.75, 3.05) is 11.9 Å². The van der Waals surface area contributed by atoms with Gasteiger partial charge in [-0.2, -0.15) is 0 Å². The second-order valence-corrected chi connectivity index (χ2v) is 5.56. The summed E-state index contributed by atoms with van der Waals surface area (Å²) >= 11 is 0. The lowest BCUT2D eigenvalue weighted by molar-refractivity contribution is 0.220. The molecule has 0 saturated carbocycles. The van der Waals surface area contributed by atoms with E-state index in [1.807, 2.05) is 31.2 Å². The summed E-state index contributed by atoms with van der Waals surface area (Å²) in [5.41, 5.74) is 1.07. The molecule has 4 heteroatoms. The summed E-state index contributed by atoms with van der Waals surface area (Å²) in [7, 11) is 0. The summed E-state index contributed by atoms with van der Waals surface area (Å²) in [6, 6.07) is 9.79. The van der Waals surface area contributed by atoms with E-state index in [1.165, 1.54) is 6.92 Å². The molecule has 1 unspecified atom stereocenters. The zero-order valence-electron chi connectivity index (χ0n) is 12.4. The first kappa shape index (κ1) is 15.4. The minimum atomic E-state index is -1.10. The Morgan fingerprint density at radius 1 is 1.05 bits per heavy atom. The number of aliphatic hydroxyl groups is 1. The van der Waals surface area contributed by atoms with E-state index in [0.29, 0.717) is 0 Å². The lowest BCUT2D eigenvalue weighted by atomic mass is 9.91. The number of rotatable bonds is 4. The average Bonchev–Trinajstić information content (AvgIpc) is 2.45. The average molecular weight is 291 g/mol. The number of halogens is 2. The van der Waals surface area contributed by atoms with Gasteiger partial charge in [-0.1, -0.05) is 17.7 Å². The fourth-order valence-electron chi connectivity index (χ4n) is 2.22. The van der Waals surface area contributed by atoms with Crippen LogP contribution in [0, 0.1) is 25.5 Å². The molecule has 0 bridgehead atoms. The second-order valence-electron chi connectivity index (χ2n) is 5.56. The Balaban J connectivity index is 2.41. The highest BCUT2D eigenvalue weighted by molar-refractivity contribution is 5.49. The molecule has 0 heterocycles. The maximum Gasteiger partial charge on any atom is 0.129 e. The van der Waals surface area contributed by atoms with E-state index in [-0.39, 0.29) is 17.7 Å². The van der Waals surface area contributed by atoms with Gasteiger partial charge in [0.2, 0.25) is 0 Å². The van der Waals surface area contributed by atoms with E-state index >= 15 is 0 Å². The third-order valence-electron chi connectivity index (χ3n) is 3.63. The third kappa shape index (κ3) is 3.22. The maximum atomic E-state index is 14.2. The molecule has 1 atom stereocenters. The molecule has 2 rings (SSSR count). The molecule has 0 radical (unpaired) electrons. The van der Waals surface area contributed by atoms with Crippen molar-refractivity contribution in [1.82, 2.24) is 0 Å². The fraction of sp³-hybridized carbons (Fsp3) is 0.294. The quantitative estimate of drug-likeness (QED) is 0.895. The van der Waals surface area contributed by atoms with Crippen LogP contribution in [-0.2, 0) is 5.54 Å². The van der Waals surface area contributed by atoms with Gasteiger partial charge in [-0.05, 0) is 50.6 Å². The standard InChI is InChI=1S/C17H19F2NO/c1-11-4-6-13(7-5-11)20-17(3,10-21)14-9-15(18)12(2)8-16(14)19/h4-9,20-21H,10H2,1-3H3. The normalized spacial score (nSPS) is 13.8. The van der Waals surface area contributed by atoms with Crippen molar-refractivity contribution in [2.24, 2.45) is 0 Å². The van der Waals surface area contributed by atoms with Crippen LogP contribution in [0.4, 0.5) is 14.5 Å². The minimum absolute atomic E-state index is 0.105. The lowest BCUT2D eigenvalue weighted by Crippen LogP contribution is -2.37. The summed E-state index contributed by atoms with van der Waals surface area (Å²) in [4.78, 5) is 0. The van der Waals surface area contributed by atoms with E-state index in [4.69, 9.17) is 0 Å². The smallest absolute Gasteiger partial charge is 0.129 e. The predicted octanol–water partition coefficient (Wildman–Crippen LogP) is 3.90. The first-order valence-corrected chi connectivity index (χ1v) is 6.77. The molecule has 2 aromatic rings. The number of anilines is 1. The Labute approximate surface area is 123 Å². The summed E-state index contributed by atoms with van der Waals surface area (Å²) < 4.78 is 27.9. The monoisotopic (exact) mass is 291 g/mol. The van der Waals surface area contributed by atoms with Gasteiger partial charge in [0.25, 0.3) is 0 Å². The van der Waals surface area contributed by atoms with Gasteiger partial charge in [0.1, 0.15) is 11.6 Å². The number of hydrogen-bond donors (Lipinski definition) is 2.